The summed E-state index contributed by atoms with van der Waals surface area (Å²) in [5.41, 5.74) is 0. The Hall–Kier alpha value is 0.662. The smallest absolute Gasteiger partial charge is 0 e. The minimum absolute atomic E-state index is 0. The first-order valence-corrected chi connectivity index (χ1v) is 1.32. The molecule has 1 heteroatoms. The van der Waals surface area contributed by atoms with Gasteiger partial charge in [-0.25, -0.2) is 0 Å². The van der Waals surface area contributed by atoms with Crippen LogP contribution in [0, 0.1) is 6.92 Å². The van der Waals surface area contributed by atoms with Gasteiger partial charge in [0.05, 0.1) is 0 Å². The molecule has 0 heterocycles. The van der Waals surface area contributed by atoms with E-state index in [1.165, 1.54) is 0 Å². The molecule has 0 atom stereocenters. The molecule has 0 N–H and O–H groups in total. The van der Waals surface area contributed by atoms with Gasteiger partial charge in [0.25, 0.3) is 0 Å². The predicted octanol–water partition coefficient (Wildman–Crippen LogP) is 1.39. The van der Waals surface area contributed by atoms with Gasteiger partial charge in [0.2, 0.25) is 0 Å². The predicted molar refractivity (Wildman–Crippen MR) is 20.2 cm³/mol. The molecular formula is C4H7Cd-. The number of hydrogen-bond acceptors (Lipinski definition) is 0. The van der Waals surface area contributed by atoms with E-state index >= 15 is 0 Å². The normalized spacial score (nSPS) is 5.00. The summed E-state index contributed by atoms with van der Waals surface area (Å²) in [4.78, 5) is 0. The van der Waals surface area contributed by atoms with Crippen molar-refractivity contribution in [3.05, 3.63) is 19.6 Å². The van der Waals surface area contributed by atoms with E-state index in [1.807, 2.05) is 0 Å². The fraction of sp³-hybridized carbons (Fsp3) is 0.250. The summed E-state index contributed by atoms with van der Waals surface area (Å²) >= 11 is 0. The van der Waals surface area contributed by atoms with Crippen molar-refractivity contribution in [1.29, 1.82) is 0 Å². The Morgan fingerprint density at radius 3 is 2.00 bits per heavy atom. The van der Waals surface area contributed by atoms with Crippen molar-refractivity contribution >= 4 is 0 Å². The number of hydrogen-bond donors (Lipinski definition) is 0. The fourth-order valence-electron chi connectivity index (χ4n) is 0. The molecule has 0 aliphatic carbocycles. The van der Waals surface area contributed by atoms with Gasteiger partial charge in [-0.1, -0.05) is 0 Å². The molecule has 0 aromatic heterocycles. The maximum absolute atomic E-state index is 3.49. The van der Waals surface area contributed by atoms with E-state index in [1.54, 1.807) is 6.08 Å². The molecule has 0 aliphatic rings. The van der Waals surface area contributed by atoms with Crippen molar-refractivity contribution in [2.75, 3.05) is 0 Å². The van der Waals surface area contributed by atoms with E-state index < -0.39 is 0 Å². The van der Waals surface area contributed by atoms with Crippen molar-refractivity contribution in [3.63, 3.8) is 0 Å². The summed E-state index contributed by atoms with van der Waals surface area (Å²) in [6.07, 6.45) is 2.60. The molecule has 0 spiro atoms. The van der Waals surface area contributed by atoms with Crippen molar-refractivity contribution in [2.45, 2.75) is 6.42 Å². The van der Waals surface area contributed by atoms with E-state index in [9.17, 15) is 0 Å². The maximum Gasteiger partial charge on any atom is 0 e. The third-order valence-corrected chi connectivity index (χ3v) is 0.204. The second-order valence-corrected chi connectivity index (χ2v) is 0.577. The first kappa shape index (κ1) is 9.18. The van der Waals surface area contributed by atoms with Crippen LogP contribution in [0.25, 0.3) is 0 Å². The molecule has 0 unspecified atom stereocenters. The Kier molecular flexibility index (Phi) is 16.2. The topological polar surface area (TPSA) is 0 Å². The van der Waals surface area contributed by atoms with Crippen molar-refractivity contribution in [1.82, 2.24) is 0 Å². The van der Waals surface area contributed by atoms with Crippen LogP contribution < -0.4 is 0 Å². The van der Waals surface area contributed by atoms with Crippen LogP contribution >= 0.6 is 0 Å². The van der Waals surface area contributed by atoms with Crippen LogP contribution in [0.4, 0.5) is 0 Å². The summed E-state index contributed by atoms with van der Waals surface area (Å²) in [5, 5.41) is 0. The third kappa shape index (κ3) is 12.0. The van der Waals surface area contributed by atoms with Gasteiger partial charge >= 0.3 is 0 Å². The summed E-state index contributed by atoms with van der Waals surface area (Å²) < 4.78 is 0. The molecule has 0 bridgehead atoms. The van der Waals surface area contributed by atoms with Gasteiger partial charge in [-0.15, -0.1) is 12.7 Å². The van der Waals surface area contributed by atoms with Crippen LogP contribution in [0.3, 0.4) is 0 Å². The molecule has 0 rings (SSSR count). The molecule has 0 nitrogen and oxygen atoms in total. The maximum atomic E-state index is 3.49. The molecule has 0 aromatic carbocycles. The molecule has 0 radical (unpaired) electrons. The summed E-state index contributed by atoms with van der Waals surface area (Å²) in [6, 6.07) is 0. The monoisotopic (exact) mass is 169 g/mol. The first-order valence-electron chi connectivity index (χ1n) is 1.32. The van der Waals surface area contributed by atoms with Crippen LogP contribution in [0.2, 0.25) is 0 Å². The zero-order valence-corrected chi connectivity index (χ0v) is 7.44. The third-order valence-electron chi connectivity index (χ3n) is 0.204. The zero-order chi connectivity index (χ0) is 3.41. The summed E-state index contributed by atoms with van der Waals surface area (Å²) in [7, 11) is 0. The van der Waals surface area contributed by atoms with Crippen LogP contribution in [0.5, 0.6) is 0 Å². The number of rotatable bonds is 1. The van der Waals surface area contributed by atoms with Crippen LogP contribution in [0.1, 0.15) is 6.42 Å². The molecular weight excluding hydrogens is 160 g/mol. The van der Waals surface area contributed by atoms with Gasteiger partial charge in [-0.05, 0) is 0 Å². The second-order valence-electron chi connectivity index (χ2n) is 0.577. The van der Waals surface area contributed by atoms with Gasteiger partial charge in [0.15, 0.2) is 0 Å². The van der Waals surface area contributed by atoms with Crippen molar-refractivity contribution < 1.29 is 27.3 Å². The Labute approximate surface area is 53.4 Å². The quantitative estimate of drug-likeness (QED) is 0.315. The van der Waals surface area contributed by atoms with Crippen LogP contribution in [-0.2, 0) is 27.3 Å². The van der Waals surface area contributed by atoms with E-state index in [4.69, 9.17) is 0 Å². The largest absolute Gasteiger partial charge is 0.340 e. The number of allylic oxidation sites excluding steroid dienone is 1. The minimum Gasteiger partial charge on any atom is -0.340 e. The average Bonchev–Trinajstić information content (AvgIpc) is 1.37. The summed E-state index contributed by atoms with van der Waals surface area (Å²) in [5.74, 6) is 0. The molecule has 5 heavy (non-hydrogen) atoms. The second kappa shape index (κ2) is 8.82. The Morgan fingerprint density at radius 1 is 1.80 bits per heavy atom. The van der Waals surface area contributed by atoms with Crippen LogP contribution in [-0.4, -0.2) is 0 Å². The minimum atomic E-state index is 0. The van der Waals surface area contributed by atoms with Gasteiger partial charge in [0, 0.05) is 27.3 Å². The first-order chi connectivity index (χ1) is 1.91. The average molecular weight is 168 g/mol. The summed E-state index contributed by atoms with van der Waals surface area (Å²) in [6.45, 7) is 6.90. The van der Waals surface area contributed by atoms with Crippen molar-refractivity contribution in [3.8, 4) is 0 Å². The van der Waals surface area contributed by atoms with Gasteiger partial charge in [-0.2, -0.15) is 6.42 Å². The Morgan fingerprint density at radius 2 is 2.00 bits per heavy atom. The van der Waals surface area contributed by atoms with E-state index in [2.05, 4.69) is 13.5 Å². The SMILES string of the molecule is C=CC[CH2-].[Cd]. The molecule has 0 aromatic rings. The van der Waals surface area contributed by atoms with Crippen molar-refractivity contribution in [2.24, 2.45) is 0 Å². The molecule has 26 valence electrons. The standard InChI is InChI=1S/C4H7.Cd/c1-3-4-2;/h3H,1-2,4H2;/q-1;. The molecule has 0 amide bonds. The Bertz CT molecular complexity index is 17.6. The van der Waals surface area contributed by atoms with Gasteiger partial charge < -0.3 is 6.92 Å². The van der Waals surface area contributed by atoms with Crippen LogP contribution in [0.15, 0.2) is 12.7 Å². The fourth-order valence-corrected chi connectivity index (χ4v) is 0. The molecule has 0 saturated carbocycles. The van der Waals surface area contributed by atoms with Gasteiger partial charge in [0.1, 0.15) is 0 Å². The zero-order valence-electron chi connectivity index (χ0n) is 3.41. The van der Waals surface area contributed by atoms with E-state index in [0.717, 1.165) is 6.42 Å². The molecule has 0 saturated heterocycles. The van der Waals surface area contributed by atoms with Gasteiger partial charge in [-0.3, -0.25) is 0 Å². The van der Waals surface area contributed by atoms with E-state index in [0.29, 0.717) is 0 Å². The molecule has 0 fully saturated rings. The van der Waals surface area contributed by atoms with E-state index in [-0.39, 0.29) is 27.3 Å². The molecule has 0 aliphatic heterocycles. The Balaban J connectivity index is 0.